The van der Waals surface area contributed by atoms with Crippen LogP contribution in [0.4, 0.5) is 11.6 Å². The molecular weight excluding hydrogens is 214 g/mol. The first kappa shape index (κ1) is 9.77. The Morgan fingerprint density at radius 3 is 2.65 bits per heavy atom. The fraction of sp³-hybridized carbons (Fsp3) is 0.0833. The number of fused-ring (bicyclic) bond motifs is 1. The largest absolute Gasteiger partial charge is 0.323 e. The quantitative estimate of drug-likeness (QED) is 0.726. The molecule has 3 rings (SSSR count). The molecule has 0 atom stereocenters. The number of nitrogens with one attached hydrogen (secondary N) is 1. The van der Waals surface area contributed by atoms with Gasteiger partial charge in [0.05, 0.1) is 5.69 Å². The minimum Gasteiger partial charge on any atom is -0.323 e. The third kappa shape index (κ3) is 1.82. The van der Waals surface area contributed by atoms with Crippen molar-refractivity contribution in [3.05, 3.63) is 48.2 Å². The summed E-state index contributed by atoms with van der Waals surface area (Å²) in [5.74, 6) is 0.620. The second-order valence-corrected chi connectivity index (χ2v) is 3.76. The normalized spacial score (nSPS) is 10.6. The van der Waals surface area contributed by atoms with Crippen molar-refractivity contribution in [2.45, 2.75) is 6.92 Å². The Morgan fingerprint density at radius 2 is 1.82 bits per heavy atom. The van der Waals surface area contributed by atoms with Crippen molar-refractivity contribution in [1.82, 2.24) is 19.8 Å². The lowest BCUT2D eigenvalue weighted by atomic mass is 10.3. The van der Waals surface area contributed by atoms with Crippen LogP contribution in [0, 0.1) is 6.92 Å². The van der Waals surface area contributed by atoms with Crippen LogP contribution in [0.25, 0.3) is 5.65 Å². The van der Waals surface area contributed by atoms with Crippen LogP contribution in [-0.2, 0) is 0 Å². The molecule has 84 valence electrons. The van der Waals surface area contributed by atoms with Gasteiger partial charge < -0.3 is 5.32 Å². The van der Waals surface area contributed by atoms with Crippen LogP contribution in [0.3, 0.4) is 0 Å². The molecule has 0 fully saturated rings. The van der Waals surface area contributed by atoms with Crippen LogP contribution >= 0.6 is 0 Å². The van der Waals surface area contributed by atoms with Crippen molar-refractivity contribution in [2.24, 2.45) is 0 Å². The van der Waals surface area contributed by atoms with Gasteiger partial charge in [-0.2, -0.15) is 9.61 Å². The van der Waals surface area contributed by atoms with Crippen LogP contribution in [0.2, 0.25) is 0 Å². The SMILES string of the molecule is Cc1ccc2nnc(Nc3ccccc3)n2n1. The molecule has 0 saturated carbocycles. The predicted octanol–water partition coefficient (Wildman–Crippen LogP) is 2.18. The van der Waals surface area contributed by atoms with Gasteiger partial charge in [0.2, 0.25) is 5.95 Å². The van der Waals surface area contributed by atoms with E-state index in [1.165, 1.54) is 0 Å². The Hall–Kier alpha value is -2.43. The molecule has 1 aromatic carbocycles. The van der Waals surface area contributed by atoms with Gasteiger partial charge in [-0.1, -0.05) is 18.2 Å². The Balaban J connectivity index is 2.03. The summed E-state index contributed by atoms with van der Waals surface area (Å²) in [6.45, 7) is 1.94. The van der Waals surface area contributed by atoms with E-state index in [4.69, 9.17) is 0 Å². The first-order valence-electron chi connectivity index (χ1n) is 5.34. The fourth-order valence-electron chi connectivity index (χ4n) is 1.61. The highest BCUT2D eigenvalue weighted by Crippen LogP contribution is 2.14. The number of benzene rings is 1. The standard InChI is InChI=1S/C12H11N5/c1-9-7-8-11-14-15-12(17(11)16-9)13-10-5-3-2-4-6-10/h2-8H,1H3,(H,13,15). The average Bonchev–Trinajstić information content (AvgIpc) is 2.73. The molecule has 0 spiro atoms. The summed E-state index contributed by atoms with van der Waals surface area (Å²) in [5.41, 5.74) is 2.62. The lowest BCUT2D eigenvalue weighted by Gasteiger charge is -2.03. The van der Waals surface area contributed by atoms with Crippen LogP contribution in [-0.4, -0.2) is 19.8 Å². The van der Waals surface area contributed by atoms with Crippen molar-refractivity contribution in [2.75, 3.05) is 5.32 Å². The topological polar surface area (TPSA) is 55.1 Å². The number of aromatic nitrogens is 4. The van der Waals surface area contributed by atoms with Gasteiger partial charge in [-0.15, -0.1) is 10.2 Å². The van der Waals surface area contributed by atoms with Gasteiger partial charge in [-0.05, 0) is 31.2 Å². The van der Waals surface area contributed by atoms with E-state index in [0.29, 0.717) is 5.95 Å². The highest BCUT2D eigenvalue weighted by atomic mass is 15.4. The van der Waals surface area contributed by atoms with E-state index in [0.717, 1.165) is 17.0 Å². The summed E-state index contributed by atoms with van der Waals surface area (Å²) in [5, 5.41) is 15.7. The Bertz CT molecular complexity index is 644. The van der Waals surface area contributed by atoms with Gasteiger partial charge in [-0.25, -0.2) is 0 Å². The molecule has 0 aliphatic carbocycles. The lowest BCUT2D eigenvalue weighted by Crippen LogP contribution is -2.00. The van der Waals surface area contributed by atoms with Crippen molar-refractivity contribution in [3.63, 3.8) is 0 Å². The van der Waals surface area contributed by atoms with E-state index >= 15 is 0 Å². The Kier molecular flexibility index (Phi) is 2.22. The molecule has 2 heterocycles. The Morgan fingerprint density at radius 1 is 1.00 bits per heavy atom. The van der Waals surface area contributed by atoms with Gasteiger partial charge in [0.15, 0.2) is 5.65 Å². The number of nitrogens with zero attached hydrogens (tertiary/aromatic N) is 4. The molecule has 0 saturated heterocycles. The van der Waals surface area contributed by atoms with Gasteiger partial charge in [0.1, 0.15) is 0 Å². The minimum atomic E-state index is 0.620. The van der Waals surface area contributed by atoms with Gasteiger partial charge >= 0.3 is 0 Å². The van der Waals surface area contributed by atoms with Crippen LogP contribution < -0.4 is 5.32 Å². The molecule has 5 heteroatoms. The molecule has 17 heavy (non-hydrogen) atoms. The van der Waals surface area contributed by atoms with Crippen LogP contribution in [0.15, 0.2) is 42.5 Å². The molecule has 0 bridgehead atoms. The second-order valence-electron chi connectivity index (χ2n) is 3.76. The Labute approximate surface area is 98.1 Å². The fourth-order valence-corrected chi connectivity index (χ4v) is 1.61. The maximum atomic E-state index is 4.36. The average molecular weight is 225 g/mol. The first-order chi connectivity index (χ1) is 8.33. The number of para-hydroxylation sites is 1. The van der Waals surface area contributed by atoms with E-state index in [1.54, 1.807) is 4.52 Å². The van der Waals surface area contributed by atoms with Crippen LogP contribution in [0.5, 0.6) is 0 Å². The molecule has 0 aliphatic rings. The third-order valence-corrected chi connectivity index (χ3v) is 2.43. The number of aryl methyl sites for hydroxylation is 1. The number of rotatable bonds is 2. The molecule has 1 N–H and O–H groups in total. The first-order valence-corrected chi connectivity index (χ1v) is 5.34. The zero-order chi connectivity index (χ0) is 11.7. The summed E-state index contributed by atoms with van der Waals surface area (Å²) in [4.78, 5) is 0. The molecule has 0 amide bonds. The summed E-state index contributed by atoms with van der Waals surface area (Å²) in [6.07, 6.45) is 0. The minimum absolute atomic E-state index is 0.620. The summed E-state index contributed by atoms with van der Waals surface area (Å²) >= 11 is 0. The van der Waals surface area contributed by atoms with Gasteiger partial charge in [0.25, 0.3) is 0 Å². The molecular formula is C12H11N5. The van der Waals surface area contributed by atoms with E-state index < -0.39 is 0 Å². The number of hydrogen-bond donors (Lipinski definition) is 1. The van der Waals surface area contributed by atoms with Crippen molar-refractivity contribution in [1.29, 1.82) is 0 Å². The highest BCUT2D eigenvalue weighted by molar-refractivity contribution is 5.55. The number of hydrogen-bond acceptors (Lipinski definition) is 4. The van der Waals surface area contributed by atoms with E-state index in [-0.39, 0.29) is 0 Å². The third-order valence-electron chi connectivity index (χ3n) is 2.43. The summed E-state index contributed by atoms with van der Waals surface area (Å²) in [7, 11) is 0. The molecule has 3 aromatic rings. The monoisotopic (exact) mass is 225 g/mol. The van der Waals surface area contributed by atoms with Gasteiger partial charge in [0, 0.05) is 5.69 Å². The van der Waals surface area contributed by atoms with Crippen molar-refractivity contribution < 1.29 is 0 Å². The zero-order valence-electron chi connectivity index (χ0n) is 9.33. The lowest BCUT2D eigenvalue weighted by molar-refractivity contribution is 0.902. The second kappa shape index (κ2) is 3.86. The molecule has 0 unspecified atom stereocenters. The smallest absolute Gasteiger partial charge is 0.250 e. The van der Waals surface area contributed by atoms with Crippen molar-refractivity contribution >= 4 is 17.3 Å². The summed E-state index contributed by atoms with van der Waals surface area (Å²) < 4.78 is 1.70. The highest BCUT2D eigenvalue weighted by Gasteiger charge is 2.06. The van der Waals surface area contributed by atoms with E-state index in [9.17, 15) is 0 Å². The molecule has 0 radical (unpaired) electrons. The number of anilines is 2. The predicted molar refractivity (Wildman–Crippen MR) is 65.2 cm³/mol. The van der Waals surface area contributed by atoms with Crippen LogP contribution in [0.1, 0.15) is 5.69 Å². The van der Waals surface area contributed by atoms with E-state index in [2.05, 4.69) is 20.6 Å². The zero-order valence-corrected chi connectivity index (χ0v) is 9.33. The molecule has 0 aliphatic heterocycles. The summed E-state index contributed by atoms with van der Waals surface area (Å²) in [6, 6.07) is 13.6. The molecule has 5 nitrogen and oxygen atoms in total. The molecule has 2 aromatic heterocycles. The maximum Gasteiger partial charge on any atom is 0.250 e. The van der Waals surface area contributed by atoms with E-state index in [1.807, 2.05) is 49.4 Å². The van der Waals surface area contributed by atoms with Gasteiger partial charge in [-0.3, -0.25) is 0 Å². The van der Waals surface area contributed by atoms with Crippen molar-refractivity contribution in [3.8, 4) is 0 Å². The maximum absolute atomic E-state index is 4.36.